The topological polar surface area (TPSA) is 102 Å². The highest BCUT2D eigenvalue weighted by Gasteiger charge is 2.16. The van der Waals surface area contributed by atoms with Crippen molar-refractivity contribution in [3.63, 3.8) is 0 Å². The fourth-order valence-corrected chi connectivity index (χ4v) is 4.09. The number of anilines is 1. The van der Waals surface area contributed by atoms with E-state index in [1.165, 1.54) is 0 Å². The van der Waals surface area contributed by atoms with E-state index in [2.05, 4.69) is 25.3 Å². The molecule has 0 amide bonds. The predicted octanol–water partition coefficient (Wildman–Crippen LogP) is 2.21. The number of fused-ring (bicyclic) bond motifs is 1. The normalized spacial score (nSPS) is 11.6. The summed E-state index contributed by atoms with van der Waals surface area (Å²) in [5.74, 6) is 1.16. The van der Waals surface area contributed by atoms with Crippen LogP contribution in [0, 0.1) is 0 Å². The molecular formula is C19H18N6O2S. The third kappa shape index (κ3) is 3.85. The van der Waals surface area contributed by atoms with Crippen molar-refractivity contribution in [3.8, 4) is 5.82 Å². The lowest BCUT2D eigenvalue weighted by Crippen LogP contribution is -2.29. The predicted molar refractivity (Wildman–Crippen MR) is 107 cm³/mol. The molecule has 0 spiro atoms. The minimum atomic E-state index is -3.62. The highest BCUT2D eigenvalue weighted by Crippen LogP contribution is 2.22. The Bertz CT molecular complexity index is 1170. The molecule has 2 N–H and O–H groups in total. The van der Waals surface area contributed by atoms with Crippen molar-refractivity contribution in [1.29, 1.82) is 0 Å². The van der Waals surface area contributed by atoms with Crippen molar-refractivity contribution in [2.24, 2.45) is 0 Å². The van der Waals surface area contributed by atoms with Crippen molar-refractivity contribution in [2.75, 3.05) is 18.4 Å². The molecule has 2 aromatic carbocycles. The summed E-state index contributed by atoms with van der Waals surface area (Å²) in [5.41, 5.74) is 0. The average Bonchev–Trinajstić information content (AvgIpc) is 3.26. The Labute approximate surface area is 162 Å². The van der Waals surface area contributed by atoms with E-state index in [1.54, 1.807) is 53.5 Å². The highest BCUT2D eigenvalue weighted by atomic mass is 32.2. The molecule has 0 saturated carbocycles. The second kappa shape index (κ2) is 7.75. The van der Waals surface area contributed by atoms with Crippen LogP contribution in [0.3, 0.4) is 0 Å². The summed E-state index contributed by atoms with van der Waals surface area (Å²) in [6.45, 7) is 0.591. The van der Waals surface area contributed by atoms with Crippen molar-refractivity contribution in [3.05, 3.63) is 73.1 Å². The number of sulfonamides is 1. The van der Waals surface area contributed by atoms with Gasteiger partial charge in [0.15, 0.2) is 5.82 Å². The molecule has 9 heteroatoms. The molecule has 0 unspecified atom stereocenters. The fourth-order valence-electron chi connectivity index (χ4n) is 2.83. The van der Waals surface area contributed by atoms with Crippen LogP contribution >= 0.6 is 0 Å². The number of nitrogens with one attached hydrogen (secondary N) is 2. The van der Waals surface area contributed by atoms with Gasteiger partial charge in [-0.25, -0.2) is 17.8 Å². The van der Waals surface area contributed by atoms with Crippen molar-refractivity contribution < 1.29 is 8.42 Å². The summed E-state index contributed by atoms with van der Waals surface area (Å²) < 4.78 is 29.5. The van der Waals surface area contributed by atoms with Crippen LogP contribution in [0.5, 0.6) is 0 Å². The van der Waals surface area contributed by atoms with Crippen LogP contribution in [0.4, 0.5) is 5.82 Å². The summed E-state index contributed by atoms with van der Waals surface area (Å²) in [4.78, 5) is 0.272. The number of benzene rings is 2. The standard InChI is InChI=1S/C19H18N6O2S/c26-28(27,17-8-3-6-15-5-1-2-7-16(15)17)22-13-12-20-18-9-10-19(24-23-18)25-14-4-11-21-25/h1-11,14,22H,12-13H2,(H,20,23). The van der Waals surface area contributed by atoms with Gasteiger partial charge in [0, 0.05) is 30.9 Å². The van der Waals surface area contributed by atoms with Crippen molar-refractivity contribution in [2.45, 2.75) is 4.90 Å². The van der Waals surface area contributed by atoms with Gasteiger partial charge in [-0.2, -0.15) is 5.10 Å². The van der Waals surface area contributed by atoms with Gasteiger partial charge in [0.2, 0.25) is 10.0 Å². The first-order chi connectivity index (χ1) is 13.6. The molecule has 0 saturated heterocycles. The lowest BCUT2D eigenvalue weighted by molar-refractivity contribution is 0.584. The Hall–Kier alpha value is -3.30. The third-order valence-corrected chi connectivity index (χ3v) is 5.67. The summed E-state index contributed by atoms with van der Waals surface area (Å²) in [6.07, 6.45) is 3.44. The van der Waals surface area contributed by atoms with Gasteiger partial charge < -0.3 is 5.32 Å². The number of hydrogen-bond donors (Lipinski definition) is 2. The molecule has 2 heterocycles. The monoisotopic (exact) mass is 394 g/mol. The maximum atomic E-state index is 12.7. The summed E-state index contributed by atoms with van der Waals surface area (Å²) in [6, 6.07) is 18.0. The molecule has 0 atom stereocenters. The van der Waals surface area contributed by atoms with E-state index in [0.29, 0.717) is 23.6 Å². The second-order valence-corrected chi connectivity index (χ2v) is 7.76. The maximum Gasteiger partial charge on any atom is 0.241 e. The summed E-state index contributed by atoms with van der Waals surface area (Å²) in [7, 11) is -3.62. The molecule has 2 aromatic heterocycles. The van der Waals surface area contributed by atoms with Crippen LogP contribution < -0.4 is 10.0 Å². The van der Waals surface area contributed by atoms with Crippen LogP contribution in [0.15, 0.2) is 78.0 Å². The maximum absolute atomic E-state index is 12.7. The zero-order valence-corrected chi connectivity index (χ0v) is 15.7. The van der Waals surface area contributed by atoms with E-state index >= 15 is 0 Å². The van der Waals surface area contributed by atoms with E-state index < -0.39 is 10.0 Å². The second-order valence-electron chi connectivity index (χ2n) is 6.03. The van der Waals surface area contributed by atoms with Gasteiger partial charge >= 0.3 is 0 Å². The Morgan fingerprint density at radius 1 is 0.893 bits per heavy atom. The lowest BCUT2D eigenvalue weighted by Gasteiger charge is -2.10. The van der Waals surface area contributed by atoms with E-state index in [4.69, 9.17) is 0 Å². The van der Waals surface area contributed by atoms with Crippen molar-refractivity contribution >= 4 is 26.6 Å². The van der Waals surface area contributed by atoms with Gasteiger partial charge in [0.05, 0.1) is 4.90 Å². The number of aromatic nitrogens is 4. The van der Waals surface area contributed by atoms with E-state index in [0.717, 1.165) is 5.39 Å². The number of rotatable bonds is 7. The largest absolute Gasteiger partial charge is 0.367 e. The van der Waals surface area contributed by atoms with Crippen LogP contribution in [-0.4, -0.2) is 41.5 Å². The first kappa shape index (κ1) is 18.1. The van der Waals surface area contributed by atoms with E-state index in [-0.39, 0.29) is 11.4 Å². The highest BCUT2D eigenvalue weighted by molar-refractivity contribution is 7.89. The van der Waals surface area contributed by atoms with Crippen LogP contribution in [-0.2, 0) is 10.0 Å². The van der Waals surface area contributed by atoms with Gasteiger partial charge in [-0.15, -0.1) is 10.2 Å². The van der Waals surface area contributed by atoms with Gasteiger partial charge in [0.1, 0.15) is 5.82 Å². The average molecular weight is 394 g/mol. The molecule has 0 aliphatic carbocycles. The molecule has 142 valence electrons. The molecule has 28 heavy (non-hydrogen) atoms. The zero-order chi connectivity index (χ0) is 19.4. The van der Waals surface area contributed by atoms with Crippen molar-refractivity contribution in [1.82, 2.24) is 24.7 Å². The van der Waals surface area contributed by atoms with Gasteiger partial charge in [-0.3, -0.25) is 0 Å². The molecule has 0 fully saturated rings. The molecule has 0 aliphatic rings. The fraction of sp³-hybridized carbons (Fsp3) is 0.105. The Kier molecular flexibility index (Phi) is 5.00. The molecule has 4 rings (SSSR count). The Morgan fingerprint density at radius 3 is 2.54 bits per heavy atom. The molecule has 8 nitrogen and oxygen atoms in total. The number of nitrogens with zero attached hydrogens (tertiary/aromatic N) is 4. The molecular weight excluding hydrogens is 376 g/mol. The van der Waals surface area contributed by atoms with Gasteiger partial charge in [-0.05, 0) is 29.7 Å². The quantitative estimate of drug-likeness (QED) is 0.466. The lowest BCUT2D eigenvalue weighted by atomic mass is 10.1. The third-order valence-electron chi connectivity index (χ3n) is 4.15. The van der Waals surface area contributed by atoms with Crippen LogP contribution in [0.2, 0.25) is 0 Å². The molecule has 0 bridgehead atoms. The molecule has 0 aliphatic heterocycles. The van der Waals surface area contributed by atoms with Gasteiger partial charge in [-0.1, -0.05) is 36.4 Å². The van der Waals surface area contributed by atoms with Crippen LogP contribution in [0.25, 0.3) is 16.6 Å². The van der Waals surface area contributed by atoms with E-state index in [9.17, 15) is 8.42 Å². The number of hydrogen-bond acceptors (Lipinski definition) is 6. The molecule has 4 aromatic rings. The SMILES string of the molecule is O=S(=O)(NCCNc1ccc(-n2cccn2)nn1)c1cccc2ccccc12. The Morgan fingerprint density at radius 2 is 1.75 bits per heavy atom. The summed E-state index contributed by atoms with van der Waals surface area (Å²) >= 11 is 0. The first-order valence-electron chi connectivity index (χ1n) is 8.68. The molecule has 0 radical (unpaired) electrons. The Balaban J connectivity index is 1.37. The summed E-state index contributed by atoms with van der Waals surface area (Å²) in [5, 5.41) is 16.9. The van der Waals surface area contributed by atoms with Crippen LogP contribution in [0.1, 0.15) is 0 Å². The zero-order valence-electron chi connectivity index (χ0n) is 14.9. The first-order valence-corrected chi connectivity index (χ1v) is 10.2. The minimum absolute atomic E-state index is 0.216. The van der Waals surface area contributed by atoms with Gasteiger partial charge in [0.25, 0.3) is 0 Å². The van der Waals surface area contributed by atoms with E-state index in [1.807, 2.05) is 24.3 Å². The minimum Gasteiger partial charge on any atom is -0.367 e. The smallest absolute Gasteiger partial charge is 0.241 e.